The Hall–Kier alpha value is -2.86. The number of rotatable bonds is 4. The molecule has 23 heavy (non-hydrogen) atoms. The van der Waals surface area contributed by atoms with Crippen LogP contribution in [0.5, 0.6) is 0 Å². The number of nitrogens with zero attached hydrogens (tertiary/aromatic N) is 2. The van der Waals surface area contributed by atoms with Gasteiger partial charge in [0.25, 0.3) is 0 Å². The minimum atomic E-state index is -0.394. The van der Waals surface area contributed by atoms with E-state index in [1.54, 1.807) is 36.4 Å². The normalized spacial score (nSPS) is 10.3. The largest absolute Gasteiger partial charge is 0.393 e. The minimum absolute atomic E-state index is 0.274. The average Bonchev–Trinajstić information content (AvgIpc) is 2.53. The van der Waals surface area contributed by atoms with Gasteiger partial charge in [0.2, 0.25) is 0 Å². The predicted octanol–water partition coefficient (Wildman–Crippen LogP) is 4.34. The van der Waals surface area contributed by atoms with E-state index in [9.17, 15) is 4.39 Å². The summed E-state index contributed by atoms with van der Waals surface area (Å²) in [5.74, 6) is 0.325. The average molecular weight is 330 g/mol. The van der Waals surface area contributed by atoms with E-state index in [2.05, 4.69) is 20.6 Å². The van der Waals surface area contributed by atoms with E-state index in [1.165, 1.54) is 12.4 Å². The second-order valence-electron chi connectivity index (χ2n) is 4.72. The van der Waals surface area contributed by atoms with Crippen molar-refractivity contribution in [2.45, 2.75) is 0 Å². The van der Waals surface area contributed by atoms with E-state index in [-0.39, 0.29) is 11.4 Å². The van der Waals surface area contributed by atoms with Gasteiger partial charge in [-0.1, -0.05) is 29.8 Å². The fourth-order valence-corrected chi connectivity index (χ4v) is 2.18. The van der Waals surface area contributed by atoms with Gasteiger partial charge in [0.1, 0.15) is 17.8 Å². The predicted molar refractivity (Wildman–Crippen MR) is 90.9 cm³/mol. The molecular formula is C16H13ClFN5. The first kappa shape index (κ1) is 15.1. The highest BCUT2D eigenvalue weighted by molar-refractivity contribution is 6.30. The second-order valence-corrected chi connectivity index (χ2v) is 5.16. The third-order valence-electron chi connectivity index (χ3n) is 3.10. The maximum atomic E-state index is 13.7. The molecule has 0 unspecified atom stereocenters. The van der Waals surface area contributed by atoms with Crippen molar-refractivity contribution in [3.63, 3.8) is 0 Å². The zero-order valence-corrected chi connectivity index (χ0v) is 12.7. The molecule has 0 aliphatic carbocycles. The van der Waals surface area contributed by atoms with Crippen LogP contribution in [0.1, 0.15) is 0 Å². The number of nitrogen functional groups attached to an aromatic ring is 1. The van der Waals surface area contributed by atoms with Crippen molar-refractivity contribution in [2.75, 3.05) is 16.4 Å². The van der Waals surface area contributed by atoms with Crippen molar-refractivity contribution in [1.82, 2.24) is 9.97 Å². The van der Waals surface area contributed by atoms with Crippen molar-refractivity contribution in [2.24, 2.45) is 0 Å². The molecule has 7 heteroatoms. The molecule has 0 amide bonds. The highest BCUT2D eigenvalue weighted by atomic mass is 35.5. The van der Waals surface area contributed by atoms with Gasteiger partial charge in [-0.25, -0.2) is 14.4 Å². The monoisotopic (exact) mass is 329 g/mol. The second kappa shape index (κ2) is 6.50. The fourth-order valence-electron chi connectivity index (χ4n) is 1.99. The van der Waals surface area contributed by atoms with Gasteiger partial charge in [-0.2, -0.15) is 0 Å². The molecule has 1 aromatic heterocycles. The van der Waals surface area contributed by atoms with Crippen molar-refractivity contribution in [3.05, 3.63) is 65.7 Å². The van der Waals surface area contributed by atoms with Gasteiger partial charge in [0.15, 0.2) is 11.6 Å². The summed E-state index contributed by atoms with van der Waals surface area (Å²) in [4.78, 5) is 8.16. The summed E-state index contributed by atoms with van der Waals surface area (Å²) >= 11 is 5.95. The van der Waals surface area contributed by atoms with Gasteiger partial charge in [-0.05, 0) is 30.3 Å². The standard InChI is InChI=1S/C16H13ClFN5/c17-10-4-3-5-11(8-10)22-15-14(19)16(21-9-20-15)23-13-7-2-1-6-12(13)18/h1-9H,19H2,(H2,20,21,22,23). The van der Waals surface area contributed by atoms with Gasteiger partial charge in [-0.3, -0.25) is 0 Å². The SMILES string of the molecule is Nc1c(Nc2cccc(Cl)c2)ncnc1Nc1ccccc1F. The molecule has 3 rings (SSSR count). The molecule has 3 aromatic rings. The van der Waals surface area contributed by atoms with Crippen LogP contribution in [0, 0.1) is 5.82 Å². The molecule has 2 aromatic carbocycles. The van der Waals surface area contributed by atoms with Gasteiger partial charge in [0.05, 0.1) is 5.69 Å². The van der Waals surface area contributed by atoms with Crippen molar-refractivity contribution in [1.29, 1.82) is 0 Å². The first-order valence-corrected chi connectivity index (χ1v) is 7.16. The number of para-hydroxylation sites is 1. The molecule has 116 valence electrons. The van der Waals surface area contributed by atoms with Crippen molar-refractivity contribution < 1.29 is 4.39 Å². The number of benzene rings is 2. The first-order chi connectivity index (χ1) is 11.1. The Morgan fingerprint density at radius 1 is 0.957 bits per heavy atom. The number of anilines is 5. The lowest BCUT2D eigenvalue weighted by Crippen LogP contribution is -2.05. The molecule has 0 saturated heterocycles. The zero-order chi connectivity index (χ0) is 16.2. The van der Waals surface area contributed by atoms with Crippen molar-refractivity contribution in [3.8, 4) is 0 Å². The maximum Gasteiger partial charge on any atom is 0.159 e. The van der Waals surface area contributed by atoms with Crippen LogP contribution in [0.3, 0.4) is 0 Å². The Labute approximate surface area is 137 Å². The Kier molecular flexibility index (Phi) is 4.25. The number of aromatic nitrogens is 2. The lowest BCUT2D eigenvalue weighted by Gasteiger charge is -2.13. The van der Waals surface area contributed by atoms with Crippen molar-refractivity contribution >= 4 is 40.3 Å². The van der Waals surface area contributed by atoms with E-state index >= 15 is 0 Å². The highest BCUT2D eigenvalue weighted by Crippen LogP contribution is 2.29. The molecule has 0 fully saturated rings. The summed E-state index contributed by atoms with van der Waals surface area (Å²) in [5.41, 5.74) is 7.36. The van der Waals surface area contributed by atoms with Gasteiger partial charge < -0.3 is 16.4 Å². The third-order valence-corrected chi connectivity index (χ3v) is 3.33. The Bertz CT molecular complexity index is 840. The van der Waals surface area contributed by atoms with Crippen LogP contribution >= 0.6 is 11.6 Å². The van der Waals surface area contributed by atoms with E-state index in [1.807, 2.05) is 6.07 Å². The van der Waals surface area contributed by atoms with Crippen LogP contribution in [0.4, 0.5) is 33.1 Å². The number of hydrogen-bond donors (Lipinski definition) is 3. The highest BCUT2D eigenvalue weighted by Gasteiger charge is 2.10. The molecule has 0 bridgehead atoms. The van der Waals surface area contributed by atoms with E-state index in [0.717, 1.165) is 5.69 Å². The lowest BCUT2D eigenvalue weighted by molar-refractivity contribution is 0.632. The summed E-state index contributed by atoms with van der Waals surface area (Å²) in [6.45, 7) is 0. The van der Waals surface area contributed by atoms with Crippen LogP contribution in [0.15, 0.2) is 54.9 Å². The van der Waals surface area contributed by atoms with E-state index in [0.29, 0.717) is 16.7 Å². The molecule has 1 heterocycles. The molecular weight excluding hydrogens is 317 g/mol. The number of hydrogen-bond acceptors (Lipinski definition) is 5. The molecule has 0 radical (unpaired) electrons. The van der Waals surface area contributed by atoms with Crippen LogP contribution in [0.2, 0.25) is 5.02 Å². The van der Waals surface area contributed by atoms with Crippen LogP contribution in [-0.4, -0.2) is 9.97 Å². The summed E-state index contributed by atoms with van der Waals surface area (Å²) < 4.78 is 13.7. The van der Waals surface area contributed by atoms with Gasteiger partial charge >= 0.3 is 0 Å². The fraction of sp³-hybridized carbons (Fsp3) is 0. The topological polar surface area (TPSA) is 75.9 Å². The van der Waals surface area contributed by atoms with E-state index in [4.69, 9.17) is 17.3 Å². The summed E-state index contributed by atoms with van der Waals surface area (Å²) in [5, 5.41) is 6.51. The molecule has 4 N–H and O–H groups in total. The zero-order valence-electron chi connectivity index (χ0n) is 11.9. The first-order valence-electron chi connectivity index (χ1n) is 6.78. The van der Waals surface area contributed by atoms with Crippen LogP contribution in [-0.2, 0) is 0 Å². The maximum absolute atomic E-state index is 13.7. The molecule has 0 saturated carbocycles. The molecule has 0 aliphatic rings. The smallest absolute Gasteiger partial charge is 0.159 e. The van der Waals surface area contributed by atoms with Gasteiger partial charge in [0, 0.05) is 10.7 Å². The number of halogens is 2. The minimum Gasteiger partial charge on any atom is -0.393 e. The van der Waals surface area contributed by atoms with Gasteiger partial charge in [-0.15, -0.1) is 0 Å². The molecule has 0 aliphatic heterocycles. The molecule has 0 spiro atoms. The number of nitrogens with two attached hydrogens (primary N) is 1. The van der Waals surface area contributed by atoms with Crippen LogP contribution < -0.4 is 16.4 Å². The quantitative estimate of drug-likeness (QED) is 0.664. The summed E-state index contributed by atoms with van der Waals surface area (Å²) in [7, 11) is 0. The summed E-state index contributed by atoms with van der Waals surface area (Å²) in [6, 6.07) is 13.4. The third kappa shape index (κ3) is 3.49. The Morgan fingerprint density at radius 3 is 2.43 bits per heavy atom. The molecule has 0 atom stereocenters. The number of nitrogens with one attached hydrogen (secondary N) is 2. The van der Waals surface area contributed by atoms with E-state index < -0.39 is 5.82 Å². The molecule has 5 nitrogen and oxygen atoms in total. The lowest BCUT2D eigenvalue weighted by atomic mass is 10.3. The Morgan fingerprint density at radius 2 is 1.70 bits per heavy atom. The van der Waals surface area contributed by atoms with Crippen LogP contribution in [0.25, 0.3) is 0 Å². The Balaban J connectivity index is 1.88. The summed E-state index contributed by atoms with van der Waals surface area (Å²) in [6.07, 6.45) is 1.34.